The first-order valence-electron chi connectivity index (χ1n) is 6.02. The number of phenols is 2. The number of hydrogen-bond acceptors (Lipinski definition) is 5. The zero-order chi connectivity index (χ0) is 13.0. The summed E-state index contributed by atoms with van der Waals surface area (Å²) in [5.74, 6) is -0.321. The van der Waals surface area contributed by atoms with Crippen molar-refractivity contribution in [3.8, 4) is 11.5 Å². The molecule has 0 spiro atoms. The second-order valence-electron chi connectivity index (χ2n) is 4.33. The Kier molecular flexibility index (Phi) is 4.17. The van der Waals surface area contributed by atoms with E-state index in [1.807, 2.05) is 0 Å². The van der Waals surface area contributed by atoms with Crippen molar-refractivity contribution in [2.24, 2.45) is 0 Å². The number of hydrogen-bond donors (Lipinski definition) is 2. The highest BCUT2D eigenvalue weighted by Gasteiger charge is 2.15. The molecule has 98 valence electrons. The minimum absolute atomic E-state index is 0.0442. The van der Waals surface area contributed by atoms with Gasteiger partial charge in [0.05, 0.1) is 18.8 Å². The zero-order valence-electron chi connectivity index (χ0n) is 10.1. The van der Waals surface area contributed by atoms with E-state index in [9.17, 15) is 9.90 Å². The maximum atomic E-state index is 11.9. The van der Waals surface area contributed by atoms with Gasteiger partial charge in [0, 0.05) is 32.1 Å². The minimum atomic E-state index is -0.165. The molecule has 0 aliphatic carbocycles. The van der Waals surface area contributed by atoms with Crippen molar-refractivity contribution < 1.29 is 19.7 Å². The van der Waals surface area contributed by atoms with Crippen molar-refractivity contribution in [2.45, 2.75) is 6.42 Å². The Balaban J connectivity index is 1.90. The third-order valence-electron chi connectivity index (χ3n) is 3.04. The third kappa shape index (κ3) is 3.21. The molecule has 18 heavy (non-hydrogen) atoms. The molecule has 2 rings (SSSR count). The van der Waals surface area contributed by atoms with Crippen molar-refractivity contribution in [2.75, 3.05) is 32.8 Å². The van der Waals surface area contributed by atoms with Crippen molar-refractivity contribution in [1.82, 2.24) is 4.90 Å². The van der Waals surface area contributed by atoms with Crippen LogP contribution in [0.1, 0.15) is 16.8 Å². The highest BCUT2D eigenvalue weighted by Crippen LogP contribution is 2.23. The molecule has 2 N–H and O–H groups in total. The van der Waals surface area contributed by atoms with Crippen LogP contribution in [0.25, 0.3) is 0 Å². The number of ketones is 1. The van der Waals surface area contributed by atoms with E-state index >= 15 is 0 Å². The molecule has 1 heterocycles. The summed E-state index contributed by atoms with van der Waals surface area (Å²) in [5.41, 5.74) is 0.265. The van der Waals surface area contributed by atoms with Crippen LogP contribution in [0, 0.1) is 0 Å². The van der Waals surface area contributed by atoms with Gasteiger partial charge in [-0.1, -0.05) is 0 Å². The molecule has 1 aromatic rings. The highest BCUT2D eigenvalue weighted by molar-refractivity contribution is 5.98. The number of carbonyl (C=O) groups is 1. The Morgan fingerprint density at radius 3 is 2.67 bits per heavy atom. The highest BCUT2D eigenvalue weighted by atomic mass is 16.5. The van der Waals surface area contributed by atoms with Gasteiger partial charge in [-0.15, -0.1) is 0 Å². The molecule has 1 aliphatic heterocycles. The van der Waals surface area contributed by atoms with Gasteiger partial charge in [0.2, 0.25) is 0 Å². The van der Waals surface area contributed by atoms with Gasteiger partial charge in [-0.2, -0.15) is 0 Å². The van der Waals surface area contributed by atoms with Gasteiger partial charge in [-0.05, 0) is 12.1 Å². The first-order chi connectivity index (χ1) is 8.66. The van der Waals surface area contributed by atoms with Gasteiger partial charge in [0.25, 0.3) is 0 Å². The van der Waals surface area contributed by atoms with Crippen LogP contribution in [0.15, 0.2) is 18.2 Å². The summed E-state index contributed by atoms with van der Waals surface area (Å²) >= 11 is 0. The SMILES string of the molecule is O=C(CCN1CCOCC1)c1ccc(O)cc1O. The number of phenolic OH excluding ortho intramolecular Hbond substituents is 2. The zero-order valence-corrected chi connectivity index (χ0v) is 10.1. The first kappa shape index (κ1) is 12.9. The van der Waals surface area contributed by atoms with Gasteiger partial charge in [-0.3, -0.25) is 9.69 Å². The third-order valence-corrected chi connectivity index (χ3v) is 3.04. The quantitative estimate of drug-likeness (QED) is 0.781. The van der Waals surface area contributed by atoms with Crippen LogP contribution < -0.4 is 0 Å². The van der Waals surface area contributed by atoms with E-state index in [1.165, 1.54) is 18.2 Å². The second kappa shape index (κ2) is 5.84. The number of ether oxygens (including phenoxy) is 1. The fraction of sp³-hybridized carbons (Fsp3) is 0.462. The molecule has 1 aliphatic rings. The Morgan fingerprint density at radius 1 is 1.28 bits per heavy atom. The molecular weight excluding hydrogens is 234 g/mol. The molecule has 0 aromatic heterocycles. The van der Waals surface area contributed by atoms with Gasteiger partial charge in [-0.25, -0.2) is 0 Å². The number of aromatic hydroxyl groups is 2. The average molecular weight is 251 g/mol. The fourth-order valence-electron chi connectivity index (χ4n) is 1.97. The van der Waals surface area contributed by atoms with Crippen LogP contribution in [0.5, 0.6) is 11.5 Å². The molecule has 0 unspecified atom stereocenters. The lowest BCUT2D eigenvalue weighted by Gasteiger charge is -2.26. The molecule has 0 amide bonds. The van der Waals surface area contributed by atoms with Crippen molar-refractivity contribution in [1.29, 1.82) is 0 Å². The molecule has 1 fully saturated rings. The summed E-state index contributed by atoms with van der Waals surface area (Å²) in [6, 6.07) is 4.04. The minimum Gasteiger partial charge on any atom is -0.508 e. The van der Waals surface area contributed by atoms with E-state index in [4.69, 9.17) is 9.84 Å². The van der Waals surface area contributed by atoms with Crippen LogP contribution in [0.4, 0.5) is 0 Å². The number of carbonyl (C=O) groups excluding carboxylic acids is 1. The number of rotatable bonds is 4. The molecule has 0 atom stereocenters. The topological polar surface area (TPSA) is 70.0 Å². The van der Waals surface area contributed by atoms with Crippen molar-refractivity contribution in [3.05, 3.63) is 23.8 Å². The number of morpholine rings is 1. The van der Waals surface area contributed by atoms with Gasteiger partial charge >= 0.3 is 0 Å². The van der Waals surface area contributed by atoms with E-state index in [0.717, 1.165) is 13.1 Å². The molecular formula is C13H17NO4. The predicted octanol–water partition coefficient (Wildman–Crippen LogP) is 1.00. The Labute approximate surface area is 106 Å². The van der Waals surface area contributed by atoms with Crippen molar-refractivity contribution in [3.63, 3.8) is 0 Å². The standard InChI is InChI=1S/C13H17NO4/c15-10-1-2-11(13(17)9-10)12(16)3-4-14-5-7-18-8-6-14/h1-2,9,15,17H,3-8H2. The smallest absolute Gasteiger partial charge is 0.167 e. The number of Topliss-reactive ketones (excluding diaryl/α,β-unsaturated/α-hetero) is 1. The summed E-state index contributed by atoms with van der Waals surface area (Å²) in [4.78, 5) is 14.1. The average Bonchev–Trinajstić information content (AvgIpc) is 2.37. The van der Waals surface area contributed by atoms with Gasteiger partial charge < -0.3 is 14.9 Å². The Bertz CT molecular complexity index is 427. The maximum Gasteiger partial charge on any atom is 0.167 e. The molecule has 5 nitrogen and oxygen atoms in total. The summed E-state index contributed by atoms with van der Waals surface area (Å²) < 4.78 is 5.23. The van der Waals surface area contributed by atoms with Crippen LogP contribution in [-0.2, 0) is 4.74 Å². The number of benzene rings is 1. The first-order valence-corrected chi connectivity index (χ1v) is 6.02. The lowest BCUT2D eigenvalue weighted by molar-refractivity contribution is 0.0370. The van der Waals surface area contributed by atoms with Crippen molar-refractivity contribution >= 4 is 5.78 Å². The molecule has 0 radical (unpaired) electrons. The number of nitrogens with zero attached hydrogens (tertiary/aromatic N) is 1. The van der Waals surface area contributed by atoms with E-state index in [-0.39, 0.29) is 22.8 Å². The Hall–Kier alpha value is -1.59. The van der Waals surface area contributed by atoms with E-state index in [2.05, 4.69) is 4.90 Å². The summed E-state index contributed by atoms with van der Waals surface area (Å²) in [6.07, 6.45) is 0.359. The molecule has 0 saturated carbocycles. The van der Waals surface area contributed by atoms with E-state index < -0.39 is 0 Å². The maximum absolute atomic E-state index is 11.9. The molecule has 5 heteroatoms. The van der Waals surface area contributed by atoms with Crippen LogP contribution in [0.2, 0.25) is 0 Å². The lowest BCUT2D eigenvalue weighted by Crippen LogP contribution is -2.37. The lowest BCUT2D eigenvalue weighted by atomic mass is 10.1. The summed E-state index contributed by atoms with van der Waals surface area (Å²) in [5, 5.41) is 18.7. The van der Waals surface area contributed by atoms with Crippen LogP contribution >= 0.6 is 0 Å². The van der Waals surface area contributed by atoms with Gasteiger partial charge in [0.1, 0.15) is 11.5 Å². The van der Waals surface area contributed by atoms with Crippen LogP contribution in [0.3, 0.4) is 0 Å². The molecule has 1 saturated heterocycles. The molecule has 0 bridgehead atoms. The Morgan fingerprint density at radius 2 is 2.00 bits per heavy atom. The monoisotopic (exact) mass is 251 g/mol. The van der Waals surface area contributed by atoms with E-state index in [0.29, 0.717) is 26.2 Å². The fourth-order valence-corrected chi connectivity index (χ4v) is 1.97. The predicted molar refractivity (Wildman–Crippen MR) is 66.0 cm³/mol. The summed E-state index contributed by atoms with van der Waals surface area (Å²) in [6.45, 7) is 3.77. The molecule has 1 aromatic carbocycles. The van der Waals surface area contributed by atoms with E-state index in [1.54, 1.807) is 0 Å². The normalized spacial score (nSPS) is 16.7. The van der Waals surface area contributed by atoms with Crippen LogP contribution in [-0.4, -0.2) is 53.7 Å². The second-order valence-corrected chi connectivity index (χ2v) is 4.33. The summed E-state index contributed by atoms with van der Waals surface area (Å²) in [7, 11) is 0. The van der Waals surface area contributed by atoms with Gasteiger partial charge in [0.15, 0.2) is 5.78 Å². The largest absolute Gasteiger partial charge is 0.508 e.